The number of rotatable bonds is 7. The summed E-state index contributed by atoms with van der Waals surface area (Å²) >= 11 is 3.40. The van der Waals surface area contributed by atoms with E-state index < -0.39 is 0 Å². The average molecular weight is 338 g/mol. The van der Waals surface area contributed by atoms with Crippen LogP contribution in [0.2, 0.25) is 0 Å². The van der Waals surface area contributed by atoms with Gasteiger partial charge in [0.1, 0.15) is 18.2 Å². The third-order valence-electron chi connectivity index (χ3n) is 2.82. The van der Waals surface area contributed by atoms with Crippen molar-refractivity contribution in [2.24, 2.45) is 0 Å². The Morgan fingerprint density at radius 1 is 1.05 bits per heavy atom. The zero-order valence-electron chi connectivity index (χ0n) is 11.1. The standard InChI is InChI=1S/C16H17BrFNO/c17-14-4-2-6-16(12-14)20-10-9-19-8-7-13-3-1-5-15(18)11-13/h1-6,11-12,19H,7-10H2. The second kappa shape index (κ2) is 8.02. The number of hydrogen-bond donors (Lipinski definition) is 1. The first kappa shape index (κ1) is 15.0. The molecule has 2 aromatic rings. The van der Waals surface area contributed by atoms with Crippen molar-refractivity contribution in [3.8, 4) is 5.75 Å². The lowest BCUT2D eigenvalue weighted by Gasteiger charge is -2.08. The molecule has 106 valence electrons. The van der Waals surface area contributed by atoms with Gasteiger partial charge in [-0.15, -0.1) is 0 Å². The highest BCUT2D eigenvalue weighted by molar-refractivity contribution is 9.10. The molecular formula is C16H17BrFNO. The molecule has 2 aromatic carbocycles. The molecule has 4 heteroatoms. The summed E-state index contributed by atoms with van der Waals surface area (Å²) in [6.07, 6.45) is 0.814. The minimum atomic E-state index is -0.180. The lowest BCUT2D eigenvalue weighted by molar-refractivity contribution is 0.314. The molecule has 0 aliphatic heterocycles. The Bertz CT molecular complexity index is 498. The van der Waals surface area contributed by atoms with Gasteiger partial charge >= 0.3 is 0 Å². The monoisotopic (exact) mass is 337 g/mol. The molecule has 0 radical (unpaired) electrons. The molecule has 0 unspecified atom stereocenters. The molecule has 2 rings (SSSR count). The number of hydrogen-bond acceptors (Lipinski definition) is 2. The molecule has 2 nitrogen and oxygen atoms in total. The third kappa shape index (κ3) is 5.31. The molecule has 0 fully saturated rings. The van der Waals surface area contributed by atoms with Crippen LogP contribution >= 0.6 is 15.9 Å². The van der Waals surface area contributed by atoms with E-state index in [1.165, 1.54) is 6.07 Å². The summed E-state index contributed by atoms with van der Waals surface area (Å²) in [5, 5.41) is 3.28. The van der Waals surface area contributed by atoms with Gasteiger partial charge in [-0.1, -0.05) is 34.1 Å². The Kier molecular flexibility index (Phi) is 6.02. The van der Waals surface area contributed by atoms with Crippen molar-refractivity contribution in [1.82, 2.24) is 5.32 Å². The third-order valence-corrected chi connectivity index (χ3v) is 3.32. The molecule has 0 saturated heterocycles. The lowest BCUT2D eigenvalue weighted by atomic mass is 10.1. The van der Waals surface area contributed by atoms with Crippen molar-refractivity contribution in [2.75, 3.05) is 19.7 Å². The first-order chi connectivity index (χ1) is 9.74. The van der Waals surface area contributed by atoms with Gasteiger partial charge in [-0.05, 0) is 48.9 Å². The van der Waals surface area contributed by atoms with Gasteiger partial charge in [-0.3, -0.25) is 0 Å². The average Bonchev–Trinajstić information content (AvgIpc) is 2.43. The van der Waals surface area contributed by atoms with E-state index in [2.05, 4.69) is 21.2 Å². The second-order valence-corrected chi connectivity index (χ2v) is 5.35. The summed E-state index contributed by atoms with van der Waals surface area (Å²) in [6, 6.07) is 14.5. The molecule has 0 bridgehead atoms. The van der Waals surface area contributed by atoms with Crippen LogP contribution in [0.15, 0.2) is 53.0 Å². The van der Waals surface area contributed by atoms with Crippen molar-refractivity contribution in [2.45, 2.75) is 6.42 Å². The lowest BCUT2D eigenvalue weighted by Crippen LogP contribution is -2.23. The highest BCUT2D eigenvalue weighted by Gasteiger charge is 1.96. The van der Waals surface area contributed by atoms with E-state index in [0.717, 1.165) is 35.3 Å². The number of nitrogens with one attached hydrogen (secondary N) is 1. The van der Waals surface area contributed by atoms with Gasteiger partial charge in [0.2, 0.25) is 0 Å². The Labute approximate surface area is 127 Å². The Morgan fingerprint density at radius 3 is 2.70 bits per heavy atom. The minimum Gasteiger partial charge on any atom is -0.492 e. The van der Waals surface area contributed by atoms with Crippen molar-refractivity contribution in [1.29, 1.82) is 0 Å². The first-order valence-electron chi connectivity index (χ1n) is 6.57. The molecule has 0 aliphatic rings. The fraction of sp³-hybridized carbons (Fsp3) is 0.250. The summed E-state index contributed by atoms with van der Waals surface area (Å²) < 4.78 is 19.6. The predicted octanol–water partition coefficient (Wildman–Crippen LogP) is 3.80. The van der Waals surface area contributed by atoms with Gasteiger partial charge < -0.3 is 10.1 Å². The van der Waals surface area contributed by atoms with Crippen molar-refractivity contribution >= 4 is 15.9 Å². The van der Waals surface area contributed by atoms with Crippen LogP contribution in [-0.4, -0.2) is 19.7 Å². The Hall–Kier alpha value is -1.39. The van der Waals surface area contributed by atoms with Crippen LogP contribution < -0.4 is 10.1 Å². The Balaban J connectivity index is 1.60. The summed E-state index contributed by atoms with van der Waals surface area (Å²) in [4.78, 5) is 0. The van der Waals surface area contributed by atoms with Crippen LogP contribution in [-0.2, 0) is 6.42 Å². The summed E-state index contributed by atoms with van der Waals surface area (Å²) in [5.41, 5.74) is 1.01. The van der Waals surface area contributed by atoms with Crippen LogP contribution in [0.5, 0.6) is 5.75 Å². The summed E-state index contributed by atoms with van der Waals surface area (Å²) in [6.45, 7) is 2.19. The van der Waals surface area contributed by atoms with Crippen molar-refractivity contribution in [3.63, 3.8) is 0 Å². The highest BCUT2D eigenvalue weighted by atomic mass is 79.9. The smallest absolute Gasteiger partial charge is 0.123 e. The van der Waals surface area contributed by atoms with E-state index in [9.17, 15) is 4.39 Å². The number of ether oxygens (including phenoxy) is 1. The minimum absolute atomic E-state index is 0.180. The quantitative estimate of drug-likeness (QED) is 0.776. The first-order valence-corrected chi connectivity index (χ1v) is 7.37. The largest absolute Gasteiger partial charge is 0.492 e. The highest BCUT2D eigenvalue weighted by Crippen LogP contribution is 2.17. The van der Waals surface area contributed by atoms with Gasteiger partial charge in [0.05, 0.1) is 0 Å². The molecule has 1 N–H and O–H groups in total. The van der Waals surface area contributed by atoms with Crippen LogP contribution in [0.4, 0.5) is 4.39 Å². The molecule has 0 aromatic heterocycles. The summed E-state index contributed by atoms with van der Waals surface area (Å²) in [5.74, 6) is 0.673. The van der Waals surface area contributed by atoms with E-state index in [0.29, 0.717) is 6.61 Å². The van der Waals surface area contributed by atoms with Crippen LogP contribution in [0, 0.1) is 5.82 Å². The molecule has 0 amide bonds. The fourth-order valence-corrected chi connectivity index (χ4v) is 2.23. The van der Waals surface area contributed by atoms with Crippen molar-refractivity contribution in [3.05, 3.63) is 64.4 Å². The van der Waals surface area contributed by atoms with Gasteiger partial charge in [0, 0.05) is 11.0 Å². The van der Waals surface area contributed by atoms with Crippen LogP contribution in [0.1, 0.15) is 5.56 Å². The van der Waals surface area contributed by atoms with Gasteiger partial charge in [0.15, 0.2) is 0 Å². The van der Waals surface area contributed by atoms with E-state index in [1.807, 2.05) is 30.3 Å². The van der Waals surface area contributed by atoms with E-state index >= 15 is 0 Å². The second-order valence-electron chi connectivity index (χ2n) is 4.44. The molecule has 0 spiro atoms. The normalized spacial score (nSPS) is 10.5. The summed E-state index contributed by atoms with van der Waals surface area (Å²) in [7, 11) is 0. The maximum Gasteiger partial charge on any atom is 0.123 e. The van der Waals surface area contributed by atoms with Crippen molar-refractivity contribution < 1.29 is 9.13 Å². The topological polar surface area (TPSA) is 21.3 Å². The SMILES string of the molecule is Fc1cccc(CCNCCOc2cccc(Br)c2)c1. The zero-order chi connectivity index (χ0) is 14.2. The number of halogens is 2. The van der Waals surface area contributed by atoms with E-state index in [-0.39, 0.29) is 5.82 Å². The molecular weight excluding hydrogens is 321 g/mol. The maximum atomic E-state index is 13.0. The van der Waals surface area contributed by atoms with E-state index in [1.54, 1.807) is 12.1 Å². The van der Waals surface area contributed by atoms with Gasteiger partial charge in [-0.2, -0.15) is 0 Å². The van der Waals surface area contributed by atoms with Gasteiger partial charge in [-0.25, -0.2) is 4.39 Å². The van der Waals surface area contributed by atoms with Crippen LogP contribution in [0.25, 0.3) is 0 Å². The molecule has 0 saturated carbocycles. The molecule has 0 heterocycles. The molecule has 0 atom stereocenters. The molecule has 0 aliphatic carbocycles. The molecule has 20 heavy (non-hydrogen) atoms. The zero-order valence-corrected chi connectivity index (χ0v) is 12.7. The maximum absolute atomic E-state index is 13.0. The van der Waals surface area contributed by atoms with Gasteiger partial charge in [0.25, 0.3) is 0 Å². The number of benzene rings is 2. The fourth-order valence-electron chi connectivity index (χ4n) is 1.85. The van der Waals surface area contributed by atoms with E-state index in [4.69, 9.17) is 4.74 Å². The van der Waals surface area contributed by atoms with Crippen LogP contribution in [0.3, 0.4) is 0 Å². The Morgan fingerprint density at radius 2 is 1.90 bits per heavy atom. The predicted molar refractivity (Wildman–Crippen MR) is 82.6 cm³/mol.